The number of nitrogens with one attached hydrogen (secondary N) is 2. The summed E-state index contributed by atoms with van der Waals surface area (Å²) in [7, 11) is 1.64. The standard InChI is InChI=1S/C15H22N2O2/c1-15(2,10-19-3)17-14(18)12-8-4-6-11-7-5-9-16-13(11)12/h4,6,8,16H,5,7,9-10H2,1-3H3,(H,17,18). The van der Waals surface area contributed by atoms with Gasteiger partial charge in [0.05, 0.1) is 23.4 Å². The fourth-order valence-electron chi connectivity index (χ4n) is 2.47. The van der Waals surface area contributed by atoms with Crippen molar-refractivity contribution in [3.63, 3.8) is 0 Å². The smallest absolute Gasteiger partial charge is 0.253 e. The van der Waals surface area contributed by atoms with Crippen LogP contribution in [-0.4, -0.2) is 31.7 Å². The molecular formula is C15H22N2O2. The average molecular weight is 262 g/mol. The van der Waals surface area contributed by atoms with Crippen LogP contribution in [0.15, 0.2) is 18.2 Å². The maximum Gasteiger partial charge on any atom is 0.253 e. The highest BCUT2D eigenvalue weighted by Gasteiger charge is 2.24. The van der Waals surface area contributed by atoms with Crippen LogP contribution in [0.3, 0.4) is 0 Å². The van der Waals surface area contributed by atoms with E-state index in [4.69, 9.17) is 4.74 Å². The highest BCUT2D eigenvalue weighted by atomic mass is 16.5. The third kappa shape index (κ3) is 3.26. The van der Waals surface area contributed by atoms with Crippen molar-refractivity contribution in [1.82, 2.24) is 5.32 Å². The molecule has 0 atom stereocenters. The Labute approximate surface area is 114 Å². The van der Waals surface area contributed by atoms with Crippen LogP contribution in [0.4, 0.5) is 5.69 Å². The zero-order valence-electron chi connectivity index (χ0n) is 11.9. The van der Waals surface area contributed by atoms with E-state index in [0.29, 0.717) is 6.61 Å². The summed E-state index contributed by atoms with van der Waals surface area (Å²) in [5.41, 5.74) is 2.56. The molecule has 0 spiro atoms. The van der Waals surface area contributed by atoms with Crippen molar-refractivity contribution in [2.75, 3.05) is 25.6 Å². The third-order valence-electron chi connectivity index (χ3n) is 3.28. The first-order valence-electron chi connectivity index (χ1n) is 6.71. The van der Waals surface area contributed by atoms with Crippen LogP contribution in [0.25, 0.3) is 0 Å². The highest BCUT2D eigenvalue weighted by molar-refractivity contribution is 6.00. The molecule has 0 unspecified atom stereocenters. The molecule has 2 N–H and O–H groups in total. The number of fused-ring (bicyclic) bond motifs is 1. The molecule has 1 aliphatic heterocycles. The molecule has 0 aromatic heterocycles. The van der Waals surface area contributed by atoms with Crippen molar-refractivity contribution in [1.29, 1.82) is 0 Å². The van der Waals surface area contributed by atoms with Gasteiger partial charge in [0.2, 0.25) is 0 Å². The molecule has 1 amide bonds. The Hall–Kier alpha value is -1.55. The molecule has 0 fully saturated rings. The molecule has 4 heteroatoms. The molecule has 0 saturated carbocycles. The van der Waals surface area contributed by atoms with Crippen molar-refractivity contribution in [3.8, 4) is 0 Å². The van der Waals surface area contributed by atoms with E-state index in [9.17, 15) is 4.79 Å². The highest BCUT2D eigenvalue weighted by Crippen LogP contribution is 2.26. The number of hydrogen-bond acceptors (Lipinski definition) is 3. The van der Waals surface area contributed by atoms with E-state index in [1.807, 2.05) is 26.0 Å². The quantitative estimate of drug-likeness (QED) is 0.874. The van der Waals surface area contributed by atoms with Gasteiger partial charge < -0.3 is 15.4 Å². The van der Waals surface area contributed by atoms with Crippen LogP contribution in [-0.2, 0) is 11.2 Å². The Kier molecular flexibility index (Phi) is 4.10. The van der Waals surface area contributed by atoms with Crippen molar-refractivity contribution < 1.29 is 9.53 Å². The summed E-state index contributed by atoms with van der Waals surface area (Å²) in [6.45, 7) is 5.33. The Morgan fingerprint density at radius 3 is 3.00 bits per heavy atom. The number of anilines is 1. The lowest BCUT2D eigenvalue weighted by Gasteiger charge is -2.27. The van der Waals surface area contributed by atoms with Crippen molar-refractivity contribution in [2.24, 2.45) is 0 Å². The summed E-state index contributed by atoms with van der Waals surface area (Å²) in [6, 6.07) is 5.90. The Morgan fingerprint density at radius 2 is 2.26 bits per heavy atom. The zero-order valence-corrected chi connectivity index (χ0v) is 11.9. The second-order valence-corrected chi connectivity index (χ2v) is 5.64. The molecule has 2 rings (SSSR count). The van der Waals surface area contributed by atoms with Gasteiger partial charge in [0, 0.05) is 13.7 Å². The molecule has 0 radical (unpaired) electrons. The largest absolute Gasteiger partial charge is 0.384 e. The lowest BCUT2D eigenvalue weighted by molar-refractivity contribution is 0.0820. The predicted octanol–water partition coefficient (Wildman–Crippen LogP) is 2.20. The zero-order chi connectivity index (χ0) is 13.9. The Morgan fingerprint density at radius 1 is 1.47 bits per heavy atom. The van der Waals surface area contributed by atoms with E-state index in [-0.39, 0.29) is 11.4 Å². The number of ether oxygens (including phenoxy) is 1. The monoisotopic (exact) mass is 262 g/mol. The van der Waals surface area contributed by atoms with Gasteiger partial charge in [-0.2, -0.15) is 0 Å². The van der Waals surface area contributed by atoms with Gasteiger partial charge in [-0.15, -0.1) is 0 Å². The third-order valence-corrected chi connectivity index (χ3v) is 3.28. The first kappa shape index (κ1) is 13.9. The van der Waals surface area contributed by atoms with Crippen LogP contribution >= 0.6 is 0 Å². The average Bonchev–Trinajstić information content (AvgIpc) is 2.37. The first-order valence-corrected chi connectivity index (χ1v) is 6.71. The van der Waals surface area contributed by atoms with Gasteiger partial charge in [0.1, 0.15) is 0 Å². The van der Waals surface area contributed by atoms with Crippen molar-refractivity contribution in [3.05, 3.63) is 29.3 Å². The van der Waals surface area contributed by atoms with Crippen LogP contribution in [0.1, 0.15) is 36.2 Å². The lowest BCUT2D eigenvalue weighted by atomic mass is 9.98. The van der Waals surface area contributed by atoms with Crippen LogP contribution in [0.5, 0.6) is 0 Å². The van der Waals surface area contributed by atoms with E-state index >= 15 is 0 Å². The number of carbonyl (C=O) groups is 1. The van der Waals surface area contributed by atoms with E-state index < -0.39 is 0 Å². The topological polar surface area (TPSA) is 50.4 Å². The predicted molar refractivity (Wildman–Crippen MR) is 76.7 cm³/mol. The Bertz CT molecular complexity index is 469. The number of carbonyl (C=O) groups excluding carboxylic acids is 1. The van der Waals surface area contributed by atoms with Crippen molar-refractivity contribution in [2.45, 2.75) is 32.2 Å². The lowest BCUT2D eigenvalue weighted by Crippen LogP contribution is -2.47. The maximum atomic E-state index is 12.4. The number of benzene rings is 1. The van der Waals surface area contributed by atoms with E-state index in [1.54, 1.807) is 7.11 Å². The van der Waals surface area contributed by atoms with E-state index in [1.165, 1.54) is 5.56 Å². The molecule has 1 heterocycles. The molecule has 0 aliphatic carbocycles. The van der Waals surface area contributed by atoms with Gasteiger partial charge in [-0.25, -0.2) is 0 Å². The SMILES string of the molecule is COCC(C)(C)NC(=O)c1cccc2c1NCCC2. The molecule has 104 valence electrons. The molecular weight excluding hydrogens is 240 g/mol. The summed E-state index contributed by atoms with van der Waals surface area (Å²) in [5, 5.41) is 6.36. The van der Waals surface area contributed by atoms with Crippen LogP contribution in [0, 0.1) is 0 Å². The van der Waals surface area contributed by atoms with E-state index in [2.05, 4.69) is 16.7 Å². The molecule has 0 bridgehead atoms. The molecule has 1 aliphatic rings. The summed E-state index contributed by atoms with van der Waals surface area (Å²) in [4.78, 5) is 12.4. The summed E-state index contributed by atoms with van der Waals surface area (Å²) in [5.74, 6) is -0.0479. The van der Waals surface area contributed by atoms with Crippen LogP contribution in [0.2, 0.25) is 0 Å². The number of amides is 1. The van der Waals surface area contributed by atoms with Gasteiger partial charge >= 0.3 is 0 Å². The maximum absolute atomic E-state index is 12.4. The second kappa shape index (κ2) is 5.61. The Balaban J connectivity index is 2.20. The van der Waals surface area contributed by atoms with Crippen molar-refractivity contribution >= 4 is 11.6 Å². The van der Waals surface area contributed by atoms with Gasteiger partial charge in [-0.05, 0) is 38.3 Å². The summed E-state index contributed by atoms with van der Waals surface area (Å²) in [6.07, 6.45) is 2.15. The van der Waals surface area contributed by atoms with E-state index in [0.717, 1.165) is 30.6 Å². The number of hydrogen-bond donors (Lipinski definition) is 2. The fourth-order valence-corrected chi connectivity index (χ4v) is 2.47. The summed E-state index contributed by atoms with van der Waals surface area (Å²) >= 11 is 0. The fraction of sp³-hybridized carbons (Fsp3) is 0.533. The van der Waals surface area contributed by atoms with Gasteiger partial charge in [-0.3, -0.25) is 4.79 Å². The van der Waals surface area contributed by atoms with Gasteiger partial charge in [0.15, 0.2) is 0 Å². The number of aryl methyl sites for hydroxylation is 1. The molecule has 1 aromatic carbocycles. The normalized spacial score (nSPS) is 14.5. The van der Waals surface area contributed by atoms with Gasteiger partial charge in [0.25, 0.3) is 5.91 Å². The second-order valence-electron chi connectivity index (χ2n) is 5.64. The van der Waals surface area contributed by atoms with Gasteiger partial charge in [-0.1, -0.05) is 12.1 Å². The minimum atomic E-state index is -0.372. The minimum Gasteiger partial charge on any atom is -0.384 e. The number of rotatable bonds is 4. The molecule has 4 nitrogen and oxygen atoms in total. The molecule has 19 heavy (non-hydrogen) atoms. The number of para-hydroxylation sites is 1. The number of methoxy groups -OCH3 is 1. The molecule has 1 aromatic rings. The first-order chi connectivity index (χ1) is 9.03. The van der Waals surface area contributed by atoms with Crippen LogP contribution < -0.4 is 10.6 Å². The minimum absolute atomic E-state index is 0.0479. The summed E-state index contributed by atoms with van der Waals surface area (Å²) < 4.78 is 5.13. The molecule has 0 saturated heterocycles.